The van der Waals surface area contributed by atoms with Gasteiger partial charge in [-0.25, -0.2) is 4.98 Å². The molecule has 0 fully saturated rings. The maximum Gasteiger partial charge on any atom is 0.272 e. The Hall–Kier alpha value is -3.33. The predicted octanol–water partition coefficient (Wildman–Crippen LogP) is 3.05. The zero-order chi connectivity index (χ0) is 18.1. The third-order valence-corrected chi connectivity index (χ3v) is 5.03. The second-order valence-corrected chi connectivity index (χ2v) is 6.76. The van der Waals surface area contributed by atoms with Gasteiger partial charge in [0.25, 0.3) is 11.6 Å². The number of hydrogen-bond acceptors (Lipinski definition) is 6. The molecule has 2 aromatic carbocycles. The summed E-state index contributed by atoms with van der Waals surface area (Å²) in [6.07, 6.45) is 0.605. The number of aromatic amines is 1. The van der Waals surface area contributed by atoms with Gasteiger partial charge in [0.2, 0.25) is 0 Å². The van der Waals surface area contributed by atoms with Crippen molar-refractivity contribution in [3.05, 3.63) is 63.3 Å². The largest absolute Gasteiger partial charge is 0.350 e. The maximum atomic E-state index is 12.4. The van der Waals surface area contributed by atoms with Crippen LogP contribution < -0.4 is 5.32 Å². The van der Waals surface area contributed by atoms with Crippen LogP contribution in [0.2, 0.25) is 0 Å². The molecule has 0 aliphatic rings. The van der Waals surface area contributed by atoms with E-state index in [4.69, 9.17) is 0 Å². The van der Waals surface area contributed by atoms with E-state index in [-0.39, 0.29) is 17.3 Å². The van der Waals surface area contributed by atoms with Gasteiger partial charge in [-0.2, -0.15) is 5.10 Å². The summed E-state index contributed by atoms with van der Waals surface area (Å²) in [6, 6.07) is 12.1. The minimum absolute atomic E-state index is 0.0811. The van der Waals surface area contributed by atoms with E-state index in [1.54, 1.807) is 17.4 Å². The SMILES string of the molecule is O=C(NCCc1nc2ccccc2s1)c1n[nH]c2ccc([N+](=O)[O-])cc12. The molecule has 0 aliphatic heterocycles. The van der Waals surface area contributed by atoms with E-state index >= 15 is 0 Å². The third kappa shape index (κ3) is 3.00. The molecule has 2 heterocycles. The molecule has 0 atom stereocenters. The first-order chi connectivity index (χ1) is 12.6. The van der Waals surface area contributed by atoms with Crippen molar-refractivity contribution in [3.63, 3.8) is 0 Å². The maximum absolute atomic E-state index is 12.4. The number of H-pyrrole nitrogens is 1. The van der Waals surface area contributed by atoms with Crippen LogP contribution in [-0.4, -0.2) is 32.6 Å². The summed E-state index contributed by atoms with van der Waals surface area (Å²) in [4.78, 5) is 27.3. The lowest BCUT2D eigenvalue weighted by atomic mass is 10.2. The van der Waals surface area contributed by atoms with Gasteiger partial charge in [-0.3, -0.25) is 20.0 Å². The van der Waals surface area contributed by atoms with Gasteiger partial charge in [-0.15, -0.1) is 11.3 Å². The van der Waals surface area contributed by atoms with E-state index in [9.17, 15) is 14.9 Å². The number of nitrogens with zero attached hydrogens (tertiary/aromatic N) is 3. The van der Waals surface area contributed by atoms with Gasteiger partial charge in [0, 0.05) is 30.5 Å². The predicted molar refractivity (Wildman–Crippen MR) is 98.4 cm³/mol. The number of rotatable bonds is 5. The average Bonchev–Trinajstić information content (AvgIpc) is 3.24. The zero-order valence-electron chi connectivity index (χ0n) is 13.4. The fourth-order valence-electron chi connectivity index (χ4n) is 2.68. The van der Waals surface area contributed by atoms with E-state index in [0.29, 0.717) is 23.9 Å². The summed E-state index contributed by atoms with van der Waals surface area (Å²) < 4.78 is 1.11. The minimum Gasteiger partial charge on any atom is -0.350 e. The van der Waals surface area contributed by atoms with Crippen molar-refractivity contribution >= 4 is 44.1 Å². The Morgan fingerprint density at radius 3 is 2.92 bits per heavy atom. The quantitative estimate of drug-likeness (QED) is 0.416. The van der Waals surface area contributed by atoms with Crippen LogP contribution >= 0.6 is 11.3 Å². The molecule has 0 saturated carbocycles. The number of aromatic nitrogens is 3. The number of para-hydroxylation sites is 1. The van der Waals surface area contributed by atoms with Gasteiger partial charge in [0.15, 0.2) is 5.69 Å². The molecule has 1 amide bonds. The topological polar surface area (TPSA) is 114 Å². The normalized spacial score (nSPS) is 11.1. The van der Waals surface area contributed by atoms with Crippen LogP contribution in [0.25, 0.3) is 21.1 Å². The highest BCUT2D eigenvalue weighted by atomic mass is 32.1. The number of benzene rings is 2. The molecule has 130 valence electrons. The van der Waals surface area contributed by atoms with Crippen LogP contribution in [0.4, 0.5) is 5.69 Å². The molecule has 0 bridgehead atoms. The summed E-state index contributed by atoms with van der Waals surface area (Å²) in [5, 5.41) is 21.8. The highest BCUT2D eigenvalue weighted by Gasteiger charge is 2.17. The minimum atomic E-state index is -0.499. The first-order valence-corrected chi connectivity index (χ1v) is 8.68. The van der Waals surface area contributed by atoms with Crippen LogP contribution in [0.5, 0.6) is 0 Å². The van der Waals surface area contributed by atoms with Gasteiger partial charge in [-0.1, -0.05) is 12.1 Å². The molecule has 4 rings (SSSR count). The highest BCUT2D eigenvalue weighted by molar-refractivity contribution is 7.18. The number of carbonyl (C=O) groups is 1. The standard InChI is InChI=1S/C17H13N5O3S/c23-17(16-11-9-10(22(24)25)5-6-12(11)20-21-16)18-8-7-15-19-13-3-1-2-4-14(13)26-15/h1-6,9H,7-8H2,(H,18,23)(H,20,21). The van der Waals surface area contributed by atoms with Crippen molar-refractivity contribution in [1.82, 2.24) is 20.5 Å². The van der Waals surface area contributed by atoms with E-state index in [0.717, 1.165) is 15.2 Å². The number of nitro benzene ring substituents is 1. The molecule has 0 unspecified atom stereocenters. The first-order valence-electron chi connectivity index (χ1n) is 7.87. The van der Waals surface area contributed by atoms with E-state index in [1.165, 1.54) is 12.1 Å². The van der Waals surface area contributed by atoms with Gasteiger partial charge in [-0.05, 0) is 18.2 Å². The Kier molecular flexibility index (Phi) is 4.05. The number of non-ortho nitro benzene ring substituents is 1. The molecule has 0 spiro atoms. The smallest absolute Gasteiger partial charge is 0.272 e. The van der Waals surface area contributed by atoms with E-state index in [1.807, 2.05) is 24.3 Å². The van der Waals surface area contributed by atoms with Gasteiger partial charge >= 0.3 is 0 Å². The van der Waals surface area contributed by atoms with Crippen molar-refractivity contribution in [1.29, 1.82) is 0 Å². The summed E-state index contributed by atoms with van der Waals surface area (Å²) in [6.45, 7) is 0.405. The van der Waals surface area contributed by atoms with E-state index < -0.39 is 4.92 Å². The van der Waals surface area contributed by atoms with Crippen LogP contribution in [0.3, 0.4) is 0 Å². The van der Waals surface area contributed by atoms with Crippen molar-refractivity contribution in [2.75, 3.05) is 6.54 Å². The second-order valence-electron chi connectivity index (χ2n) is 5.64. The summed E-state index contributed by atoms with van der Waals surface area (Å²) in [5.74, 6) is -0.377. The van der Waals surface area contributed by atoms with Crippen molar-refractivity contribution in [3.8, 4) is 0 Å². The molecule has 9 heteroatoms. The molecule has 8 nitrogen and oxygen atoms in total. The van der Waals surface area contributed by atoms with Gasteiger partial charge in [0.05, 0.1) is 25.7 Å². The summed E-state index contributed by atoms with van der Waals surface area (Å²) >= 11 is 1.59. The molecule has 2 aromatic heterocycles. The number of nitrogens with one attached hydrogen (secondary N) is 2. The first kappa shape index (κ1) is 16.2. The zero-order valence-corrected chi connectivity index (χ0v) is 14.2. The number of nitro groups is 1. The monoisotopic (exact) mass is 367 g/mol. The lowest BCUT2D eigenvalue weighted by molar-refractivity contribution is -0.384. The number of hydrogen-bond donors (Lipinski definition) is 2. The Morgan fingerprint density at radius 2 is 2.12 bits per heavy atom. The fourth-order valence-corrected chi connectivity index (χ4v) is 3.65. The molecular formula is C17H13N5O3S. The van der Waals surface area contributed by atoms with Crippen LogP contribution in [0.15, 0.2) is 42.5 Å². The molecule has 0 radical (unpaired) electrons. The molecule has 26 heavy (non-hydrogen) atoms. The Balaban J connectivity index is 1.47. The average molecular weight is 367 g/mol. The fraction of sp³-hybridized carbons (Fsp3) is 0.118. The van der Waals surface area contributed by atoms with E-state index in [2.05, 4.69) is 20.5 Å². The Labute approximate surface area is 151 Å². The molecule has 0 saturated heterocycles. The molecule has 0 aliphatic carbocycles. The molecule has 2 N–H and O–H groups in total. The van der Waals surface area contributed by atoms with Crippen LogP contribution in [-0.2, 0) is 6.42 Å². The second kappa shape index (κ2) is 6.52. The third-order valence-electron chi connectivity index (χ3n) is 3.93. The van der Waals surface area contributed by atoms with Crippen molar-refractivity contribution in [2.45, 2.75) is 6.42 Å². The number of carbonyl (C=O) groups excluding carboxylic acids is 1. The van der Waals surface area contributed by atoms with Crippen LogP contribution in [0, 0.1) is 10.1 Å². The van der Waals surface area contributed by atoms with Crippen molar-refractivity contribution < 1.29 is 9.72 Å². The summed E-state index contributed by atoms with van der Waals surface area (Å²) in [5.41, 5.74) is 1.59. The number of fused-ring (bicyclic) bond motifs is 2. The van der Waals surface area contributed by atoms with Crippen LogP contribution in [0.1, 0.15) is 15.5 Å². The van der Waals surface area contributed by atoms with Gasteiger partial charge < -0.3 is 5.32 Å². The van der Waals surface area contributed by atoms with Gasteiger partial charge in [0.1, 0.15) is 0 Å². The Morgan fingerprint density at radius 1 is 1.27 bits per heavy atom. The summed E-state index contributed by atoms with van der Waals surface area (Å²) in [7, 11) is 0. The highest BCUT2D eigenvalue weighted by Crippen LogP contribution is 2.23. The Bertz CT molecular complexity index is 1100. The molecular weight excluding hydrogens is 354 g/mol. The van der Waals surface area contributed by atoms with Crippen molar-refractivity contribution in [2.24, 2.45) is 0 Å². The molecule has 4 aromatic rings. The number of amides is 1. The lowest BCUT2D eigenvalue weighted by Crippen LogP contribution is -2.26. The number of thiazole rings is 1. The lowest BCUT2D eigenvalue weighted by Gasteiger charge is -2.01.